The second-order valence-electron chi connectivity index (χ2n) is 7.75. The minimum absolute atomic E-state index is 0.00170. The number of methoxy groups -OCH3 is 2. The highest BCUT2D eigenvalue weighted by Gasteiger charge is 2.42. The summed E-state index contributed by atoms with van der Waals surface area (Å²) < 4.78 is 15.9. The third-order valence-corrected chi connectivity index (χ3v) is 5.96. The van der Waals surface area contributed by atoms with Crippen LogP contribution in [0.5, 0.6) is 11.5 Å². The first kappa shape index (κ1) is 21.0. The lowest BCUT2D eigenvalue weighted by Crippen LogP contribution is -2.28. The molecular formula is C25H28N2O4. The molecule has 1 aliphatic carbocycles. The number of esters is 1. The summed E-state index contributed by atoms with van der Waals surface area (Å²) in [6.07, 6.45) is 3.45. The molecule has 0 spiro atoms. The van der Waals surface area contributed by atoms with Gasteiger partial charge in [0.25, 0.3) is 0 Å². The Balaban J connectivity index is 1.76. The van der Waals surface area contributed by atoms with E-state index in [1.165, 1.54) is 11.6 Å². The van der Waals surface area contributed by atoms with Gasteiger partial charge in [0.05, 0.1) is 32.6 Å². The van der Waals surface area contributed by atoms with Crippen LogP contribution in [-0.2, 0) is 16.0 Å². The third kappa shape index (κ3) is 4.02. The van der Waals surface area contributed by atoms with E-state index in [0.717, 1.165) is 46.9 Å². The number of carbonyl (C=O) groups is 1. The zero-order chi connectivity index (χ0) is 22.0. The minimum atomic E-state index is -0.353. The Labute approximate surface area is 183 Å². The molecule has 0 N–H and O–H groups in total. The molecule has 0 bridgehead atoms. The summed E-state index contributed by atoms with van der Waals surface area (Å²) in [5.74, 6) is 1.54. The number of hydrazone groups is 1. The molecule has 6 nitrogen and oxygen atoms in total. The van der Waals surface area contributed by atoms with E-state index in [1.807, 2.05) is 30.1 Å². The lowest BCUT2D eigenvalue weighted by atomic mass is 9.77. The van der Waals surface area contributed by atoms with Gasteiger partial charge in [0.2, 0.25) is 0 Å². The van der Waals surface area contributed by atoms with Gasteiger partial charge in [-0.05, 0) is 68.1 Å². The zero-order valence-electron chi connectivity index (χ0n) is 18.4. The number of carbonyl (C=O) groups excluding carboxylic acids is 1. The average molecular weight is 421 g/mol. The topological polar surface area (TPSA) is 60.4 Å². The fraction of sp³-hybridized carbons (Fsp3) is 0.360. The van der Waals surface area contributed by atoms with Gasteiger partial charge in [-0.15, -0.1) is 0 Å². The third-order valence-electron chi connectivity index (χ3n) is 5.96. The molecule has 1 heterocycles. The lowest BCUT2D eigenvalue weighted by molar-refractivity contribution is -0.137. The van der Waals surface area contributed by atoms with Gasteiger partial charge in [0, 0.05) is 23.3 Å². The molecule has 2 atom stereocenters. The summed E-state index contributed by atoms with van der Waals surface area (Å²) in [5, 5.41) is 6.99. The summed E-state index contributed by atoms with van der Waals surface area (Å²) >= 11 is 0. The van der Waals surface area contributed by atoms with Crippen molar-refractivity contribution in [3.05, 3.63) is 70.9 Å². The predicted octanol–water partition coefficient (Wildman–Crippen LogP) is 4.49. The zero-order valence-corrected chi connectivity index (χ0v) is 18.4. The van der Waals surface area contributed by atoms with Crippen molar-refractivity contribution in [3.63, 3.8) is 0 Å². The number of nitrogens with zero attached hydrogens (tertiary/aromatic N) is 2. The number of fused-ring (bicyclic) bond motifs is 3. The monoisotopic (exact) mass is 420 g/mol. The molecule has 2 aromatic rings. The van der Waals surface area contributed by atoms with Crippen LogP contribution in [0.25, 0.3) is 0 Å². The van der Waals surface area contributed by atoms with E-state index in [2.05, 4.69) is 24.3 Å². The fourth-order valence-corrected chi connectivity index (χ4v) is 4.48. The maximum Gasteiger partial charge on any atom is 0.332 e. The molecular weight excluding hydrogens is 392 g/mol. The van der Waals surface area contributed by atoms with Crippen LogP contribution in [0, 0.1) is 5.92 Å². The molecule has 0 saturated carbocycles. The first-order valence-corrected chi connectivity index (χ1v) is 10.6. The normalized spacial score (nSPS) is 19.9. The number of hydrogen-bond donors (Lipinski definition) is 0. The quantitative estimate of drug-likeness (QED) is 0.509. The van der Waals surface area contributed by atoms with E-state index in [9.17, 15) is 4.79 Å². The molecule has 2 aromatic carbocycles. The van der Waals surface area contributed by atoms with Crippen LogP contribution < -0.4 is 9.47 Å². The Bertz CT molecular complexity index is 1030. The van der Waals surface area contributed by atoms with E-state index < -0.39 is 0 Å². The SMILES string of the molecule is CCOC(=O)/C=C(\C)N1N=C2c3ccc(OC)cc3CC[C@H]2[C@@H]1c1ccc(OC)cc1. The molecule has 0 unspecified atom stereocenters. The van der Waals surface area contributed by atoms with Crippen molar-refractivity contribution in [1.29, 1.82) is 0 Å². The van der Waals surface area contributed by atoms with E-state index >= 15 is 0 Å². The maximum atomic E-state index is 12.1. The second kappa shape index (κ2) is 8.84. The van der Waals surface area contributed by atoms with Crippen molar-refractivity contribution in [2.45, 2.75) is 32.7 Å². The smallest absolute Gasteiger partial charge is 0.332 e. The molecule has 4 rings (SSSR count). The summed E-state index contributed by atoms with van der Waals surface area (Å²) in [6.45, 7) is 4.05. The van der Waals surface area contributed by atoms with Crippen LogP contribution in [-0.4, -0.2) is 37.5 Å². The van der Waals surface area contributed by atoms with Crippen molar-refractivity contribution in [3.8, 4) is 11.5 Å². The summed E-state index contributed by atoms with van der Waals surface area (Å²) in [5.41, 5.74) is 5.36. The first-order chi connectivity index (χ1) is 15.0. The molecule has 31 heavy (non-hydrogen) atoms. The fourth-order valence-electron chi connectivity index (χ4n) is 4.48. The number of benzene rings is 2. The minimum Gasteiger partial charge on any atom is -0.497 e. The molecule has 0 saturated heterocycles. The number of allylic oxidation sites excluding steroid dienone is 1. The van der Waals surface area contributed by atoms with Crippen molar-refractivity contribution in [1.82, 2.24) is 5.01 Å². The molecule has 0 amide bonds. The Kier molecular flexibility index (Phi) is 5.98. The Morgan fingerprint density at radius 2 is 1.84 bits per heavy atom. The van der Waals surface area contributed by atoms with Gasteiger partial charge in [0.1, 0.15) is 11.5 Å². The maximum absolute atomic E-state index is 12.1. The molecule has 1 aliphatic heterocycles. The Morgan fingerprint density at radius 3 is 2.52 bits per heavy atom. The molecule has 6 heteroatoms. The molecule has 0 aromatic heterocycles. The van der Waals surface area contributed by atoms with E-state index in [1.54, 1.807) is 21.1 Å². The molecule has 0 radical (unpaired) electrons. The summed E-state index contributed by atoms with van der Waals surface area (Å²) in [6, 6.07) is 14.3. The highest BCUT2D eigenvalue weighted by atomic mass is 16.5. The number of rotatable bonds is 6. The van der Waals surface area contributed by atoms with Gasteiger partial charge in [-0.25, -0.2) is 4.79 Å². The van der Waals surface area contributed by atoms with Crippen LogP contribution >= 0.6 is 0 Å². The second-order valence-corrected chi connectivity index (χ2v) is 7.75. The van der Waals surface area contributed by atoms with Crippen molar-refractivity contribution in [2.75, 3.05) is 20.8 Å². The predicted molar refractivity (Wildman–Crippen MR) is 119 cm³/mol. The summed E-state index contributed by atoms with van der Waals surface area (Å²) in [4.78, 5) is 12.1. The van der Waals surface area contributed by atoms with Gasteiger partial charge in [-0.3, -0.25) is 5.01 Å². The first-order valence-electron chi connectivity index (χ1n) is 10.6. The van der Waals surface area contributed by atoms with Crippen LogP contribution in [0.4, 0.5) is 0 Å². The molecule has 0 fully saturated rings. The van der Waals surface area contributed by atoms with Gasteiger partial charge in [-0.1, -0.05) is 12.1 Å². The molecule has 2 aliphatic rings. The van der Waals surface area contributed by atoms with Gasteiger partial charge >= 0.3 is 5.97 Å². The van der Waals surface area contributed by atoms with Crippen LogP contribution in [0.1, 0.15) is 43.0 Å². The van der Waals surface area contributed by atoms with Crippen molar-refractivity contribution >= 4 is 11.7 Å². The highest BCUT2D eigenvalue weighted by molar-refractivity contribution is 6.06. The number of ether oxygens (including phenoxy) is 3. The van der Waals surface area contributed by atoms with Gasteiger partial charge in [-0.2, -0.15) is 5.10 Å². The standard InChI is InChI=1S/C25H28N2O4/c1-5-31-23(28)14-16(2)27-25(17-6-9-19(29-3)10-7-17)22-12-8-18-15-20(30-4)11-13-21(18)24(22)26-27/h6-7,9-11,13-15,22,25H,5,8,12H2,1-4H3/b16-14+/t22-,25+/m1/s1. The highest BCUT2D eigenvalue weighted by Crippen LogP contribution is 2.45. The lowest BCUT2D eigenvalue weighted by Gasteiger charge is -2.31. The Hall–Kier alpha value is -3.28. The van der Waals surface area contributed by atoms with Crippen LogP contribution in [0.2, 0.25) is 0 Å². The van der Waals surface area contributed by atoms with Crippen LogP contribution in [0.3, 0.4) is 0 Å². The largest absolute Gasteiger partial charge is 0.497 e. The molecule has 162 valence electrons. The van der Waals surface area contributed by atoms with Gasteiger partial charge < -0.3 is 14.2 Å². The number of hydrogen-bond acceptors (Lipinski definition) is 6. The van der Waals surface area contributed by atoms with E-state index in [4.69, 9.17) is 19.3 Å². The van der Waals surface area contributed by atoms with Crippen LogP contribution in [0.15, 0.2) is 59.3 Å². The van der Waals surface area contributed by atoms with E-state index in [-0.39, 0.29) is 17.9 Å². The van der Waals surface area contributed by atoms with Crippen molar-refractivity contribution < 1.29 is 19.0 Å². The van der Waals surface area contributed by atoms with Crippen molar-refractivity contribution in [2.24, 2.45) is 11.0 Å². The Morgan fingerprint density at radius 1 is 1.13 bits per heavy atom. The van der Waals surface area contributed by atoms with E-state index in [0.29, 0.717) is 6.61 Å². The summed E-state index contributed by atoms with van der Waals surface area (Å²) in [7, 11) is 3.35. The average Bonchev–Trinajstić information content (AvgIpc) is 3.19. The number of aryl methyl sites for hydroxylation is 1. The van der Waals surface area contributed by atoms with Gasteiger partial charge in [0.15, 0.2) is 0 Å².